The summed E-state index contributed by atoms with van der Waals surface area (Å²) in [6, 6.07) is 10.7. The lowest BCUT2D eigenvalue weighted by Crippen LogP contribution is -2.21. The maximum absolute atomic E-state index is 12.2. The summed E-state index contributed by atoms with van der Waals surface area (Å²) in [5.74, 6) is -0.410. The fraction of sp³-hybridized carbons (Fsp3) is 0.200. The van der Waals surface area contributed by atoms with Gasteiger partial charge in [0, 0.05) is 11.9 Å². The smallest absolute Gasteiger partial charge is 0.265 e. The number of carbonyl (C=O) groups excluding carboxylic acids is 2. The molecule has 0 aliphatic rings. The van der Waals surface area contributed by atoms with Gasteiger partial charge in [-0.25, -0.2) is 0 Å². The van der Waals surface area contributed by atoms with Gasteiger partial charge in [0.05, 0.1) is 16.1 Å². The molecule has 5 heteroatoms. The maximum atomic E-state index is 12.2. The molecule has 0 aliphatic carbocycles. The second-order valence-corrected chi connectivity index (χ2v) is 5.37. The topological polar surface area (TPSA) is 58.2 Å². The van der Waals surface area contributed by atoms with Crippen LogP contribution in [0, 0.1) is 0 Å². The van der Waals surface area contributed by atoms with E-state index in [1.165, 1.54) is 11.3 Å². The molecule has 0 spiro atoms. The third kappa shape index (κ3) is 3.05. The van der Waals surface area contributed by atoms with Crippen molar-refractivity contribution in [2.75, 3.05) is 12.4 Å². The van der Waals surface area contributed by atoms with E-state index in [0.717, 1.165) is 11.3 Å². The van der Waals surface area contributed by atoms with Crippen LogP contribution in [0.25, 0.3) is 0 Å². The Kier molecular flexibility index (Phi) is 4.53. The summed E-state index contributed by atoms with van der Waals surface area (Å²) in [6.07, 6.45) is 0.909. The largest absolute Gasteiger partial charge is 0.355 e. The molecule has 0 unspecified atom stereocenters. The van der Waals surface area contributed by atoms with Crippen LogP contribution in [0.5, 0.6) is 0 Å². The second-order valence-electron chi connectivity index (χ2n) is 4.20. The first kappa shape index (κ1) is 14.3. The third-order valence-electron chi connectivity index (χ3n) is 2.88. The van der Waals surface area contributed by atoms with Crippen molar-refractivity contribution >= 4 is 28.8 Å². The summed E-state index contributed by atoms with van der Waals surface area (Å²) in [7, 11) is 1.56. The van der Waals surface area contributed by atoms with Crippen LogP contribution < -0.4 is 10.6 Å². The van der Waals surface area contributed by atoms with Gasteiger partial charge in [-0.3, -0.25) is 9.59 Å². The van der Waals surface area contributed by atoms with Crippen molar-refractivity contribution in [1.82, 2.24) is 5.32 Å². The Hall–Kier alpha value is -2.14. The lowest BCUT2D eigenvalue weighted by atomic mass is 10.1. The number of para-hydroxylation sites is 1. The highest BCUT2D eigenvalue weighted by atomic mass is 32.1. The molecule has 0 aliphatic heterocycles. The molecule has 0 saturated carbocycles. The molecule has 2 rings (SSSR count). The molecular weight excluding hydrogens is 272 g/mol. The Bertz CT molecular complexity index is 634. The van der Waals surface area contributed by atoms with E-state index < -0.39 is 0 Å². The molecule has 0 radical (unpaired) electrons. The number of thiophene rings is 1. The lowest BCUT2D eigenvalue weighted by Gasteiger charge is -2.09. The average Bonchev–Trinajstić information content (AvgIpc) is 2.96. The minimum Gasteiger partial charge on any atom is -0.355 e. The monoisotopic (exact) mass is 288 g/mol. The number of amides is 2. The van der Waals surface area contributed by atoms with Crippen LogP contribution in [0.4, 0.5) is 5.69 Å². The van der Waals surface area contributed by atoms with E-state index in [1.807, 2.05) is 6.07 Å². The summed E-state index contributed by atoms with van der Waals surface area (Å²) in [5, 5.41) is 5.35. The Morgan fingerprint density at radius 1 is 1.10 bits per heavy atom. The van der Waals surface area contributed by atoms with Crippen molar-refractivity contribution in [3.63, 3.8) is 0 Å². The zero-order chi connectivity index (χ0) is 14.5. The number of hydrogen-bond acceptors (Lipinski definition) is 3. The maximum Gasteiger partial charge on any atom is 0.265 e. The van der Waals surface area contributed by atoms with E-state index in [1.54, 1.807) is 37.4 Å². The molecule has 1 aromatic heterocycles. The highest BCUT2D eigenvalue weighted by Crippen LogP contribution is 2.20. The Morgan fingerprint density at radius 3 is 2.50 bits per heavy atom. The minimum absolute atomic E-state index is 0.189. The highest BCUT2D eigenvalue weighted by molar-refractivity contribution is 7.14. The number of nitrogens with one attached hydrogen (secondary N) is 2. The fourth-order valence-corrected chi connectivity index (χ4v) is 2.64. The molecule has 0 fully saturated rings. The van der Waals surface area contributed by atoms with Gasteiger partial charge in [-0.2, -0.15) is 0 Å². The molecule has 1 aromatic carbocycles. The van der Waals surface area contributed by atoms with Crippen LogP contribution >= 0.6 is 11.3 Å². The quantitative estimate of drug-likeness (QED) is 0.908. The SMILES string of the molecule is CCc1ccc(C(=O)Nc2ccccc2C(=O)NC)s1. The molecular formula is C15H16N2O2S. The predicted molar refractivity (Wildman–Crippen MR) is 81.5 cm³/mol. The fourth-order valence-electron chi connectivity index (χ4n) is 1.80. The zero-order valence-electron chi connectivity index (χ0n) is 11.4. The zero-order valence-corrected chi connectivity index (χ0v) is 12.2. The van der Waals surface area contributed by atoms with E-state index >= 15 is 0 Å². The van der Waals surface area contributed by atoms with Crippen LogP contribution in [-0.2, 0) is 6.42 Å². The molecule has 104 valence electrons. The van der Waals surface area contributed by atoms with Gasteiger partial charge in [-0.05, 0) is 30.7 Å². The van der Waals surface area contributed by atoms with E-state index in [2.05, 4.69) is 17.6 Å². The van der Waals surface area contributed by atoms with Crippen LogP contribution in [0.1, 0.15) is 31.8 Å². The summed E-state index contributed by atoms with van der Waals surface area (Å²) >= 11 is 1.47. The van der Waals surface area contributed by atoms with Gasteiger partial charge in [0.15, 0.2) is 0 Å². The van der Waals surface area contributed by atoms with Gasteiger partial charge < -0.3 is 10.6 Å². The summed E-state index contributed by atoms with van der Waals surface area (Å²) < 4.78 is 0. The number of anilines is 1. The molecule has 0 atom stereocenters. The molecule has 20 heavy (non-hydrogen) atoms. The number of benzene rings is 1. The van der Waals surface area contributed by atoms with Gasteiger partial charge in [0.25, 0.3) is 11.8 Å². The van der Waals surface area contributed by atoms with Crippen molar-refractivity contribution in [3.8, 4) is 0 Å². The molecule has 0 bridgehead atoms. The van der Waals surface area contributed by atoms with Crippen LogP contribution in [0.3, 0.4) is 0 Å². The van der Waals surface area contributed by atoms with Crippen LogP contribution in [-0.4, -0.2) is 18.9 Å². The molecule has 2 amide bonds. The minimum atomic E-state index is -0.221. The Morgan fingerprint density at radius 2 is 1.85 bits per heavy atom. The van der Waals surface area contributed by atoms with Crippen LogP contribution in [0.15, 0.2) is 36.4 Å². The second kappa shape index (κ2) is 6.34. The normalized spacial score (nSPS) is 10.1. The summed E-state index contributed by atoms with van der Waals surface area (Å²) in [6.45, 7) is 2.05. The molecule has 2 aromatic rings. The van der Waals surface area contributed by atoms with Gasteiger partial charge in [-0.15, -0.1) is 11.3 Å². The molecule has 0 saturated heterocycles. The van der Waals surface area contributed by atoms with E-state index in [0.29, 0.717) is 16.1 Å². The average molecular weight is 288 g/mol. The lowest BCUT2D eigenvalue weighted by molar-refractivity contribution is 0.0964. The molecule has 4 nitrogen and oxygen atoms in total. The van der Waals surface area contributed by atoms with Crippen molar-refractivity contribution < 1.29 is 9.59 Å². The van der Waals surface area contributed by atoms with Crippen molar-refractivity contribution in [3.05, 3.63) is 51.7 Å². The highest BCUT2D eigenvalue weighted by Gasteiger charge is 2.14. The standard InChI is InChI=1S/C15H16N2O2S/c1-3-10-8-9-13(20-10)15(19)17-12-7-5-4-6-11(12)14(18)16-2/h4-9H,3H2,1-2H3,(H,16,18)(H,17,19). The van der Waals surface area contributed by atoms with Crippen molar-refractivity contribution in [2.45, 2.75) is 13.3 Å². The van der Waals surface area contributed by atoms with Crippen molar-refractivity contribution in [2.24, 2.45) is 0 Å². The third-order valence-corrected chi connectivity index (χ3v) is 4.11. The van der Waals surface area contributed by atoms with Crippen LogP contribution in [0.2, 0.25) is 0 Å². The van der Waals surface area contributed by atoms with Gasteiger partial charge in [-0.1, -0.05) is 19.1 Å². The van der Waals surface area contributed by atoms with Gasteiger partial charge in [0.1, 0.15) is 0 Å². The first-order valence-electron chi connectivity index (χ1n) is 6.37. The first-order chi connectivity index (χ1) is 9.65. The summed E-state index contributed by atoms with van der Waals surface area (Å²) in [4.78, 5) is 25.7. The van der Waals surface area contributed by atoms with E-state index in [4.69, 9.17) is 0 Å². The summed E-state index contributed by atoms with van der Waals surface area (Å²) in [5.41, 5.74) is 0.971. The molecule has 1 heterocycles. The number of hydrogen-bond donors (Lipinski definition) is 2. The Labute approximate surface area is 121 Å². The van der Waals surface area contributed by atoms with Crippen molar-refractivity contribution in [1.29, 1.82) is 0 Å². The number of aryl methyl sites for hydroxylation is 1. The van der Waals surface area contributed by atoms with E-state index in [9.17, 15) is 9.59 Å². The first-order valence-corrected chi connectivity index (χ1v) is 7.18. The molecule has 2 N–H and O–H groups in total. The van der Waals surface area contributed by atoms with Gasteiger partial charge in [0.2, 0.25) is 0 Å². The predicted octanol–water partition coefficient (Wildman–Crippen LogP) is 2.92. The van der Waals surface area contributed by atoms with E-state index in [-0.39, 0.29) is 11.8 Å². The van der Waals surface area contributed by atoms with Gasteiger partial charge >= 0.3 is 0 Å². The number of carbonyl (C=O) groups is 2. The Balaban J connectivity index is 2.21. The number of rotatable bonds is 4.